The maximum atomic E-state index is 12.3. The smallest absolute Gasteiger partial charge is 0.339 e. The zero-order valence-electron chi connectivity index (χ0n) is 14.2. The number of para-hydroxylation sites is 1. The maximum absolute atomic E-state index is 12.3. The van der Waals surface area contributed by atoms with Gasteiger partial charge in [-0.1, -0.05) is 12.1 Å². The summed E-state index contributed by atoms with van der Waals surface area (Å²) in [5.41, 5.74) is 0.00354. The summed E-state index contributed by atoms with van der Waals surface area (Å²) in [6.45, 7) is 0. The van der Waals surface area contributed by atoms with Gasteiger partial charge in [0.1, 0.15) is 17.1 Å². The summed E-state index contributed by atoms with van der Waals surface area (Å²) < 4.78 is 27.0. The number of benzene rings is 2. The number of pyridine rings is 1. The van der Waals surface area contributed by atoms with Gasteiger partial charge in [0.15, 0.2) is 5.75 Å². The second-order valence-electron chi connectivity index (χ2n) is 5.49. The fourth-order valence-corrected chi connectivity index (χ4v) is 3.22. The number of nitrogens with zero attached hydrogens (tertiary/aromatic N) is 3. The quantitative estimate of drug-likeness (QED) is 0.541. The van der Waals surface area contributed by atoms with Gasteiger partial charge in [0.2, 0.25) is 0 Å². The van der Waals surface area contributed by atoms with Crippen molar-refractivity contribution in [2.24, 2.45) is 10.2 Å². The van der Waals surface area contributed by atoms with Gasteiger partial charge in [-0.25, -0.2) is 18.2 Å². The van der Waals surface area contributed by atoms with Gasteiger partial charge in [-0.05, 0) is 48.5 Å². The van der Waals surface area contributed by atoms with Crippen molar-refractivity contribution in [3.63, 3.8) is 0 Å². The highest BCUT2D eigenvalue weighted by atomic mass is 32.2. The number of phenols is 1. The number of carbonyl (C=O) groups is 1. The van der Waals surface area contributed by atoms with Crippen molar-refractivity contribution in [1.82, 2.24) is 4.98 Å². The van der Waals surface area contributed by atoms with Crippen LogP contribution in [0.5, 0.6) is 5.75 Å². The summed E-state index contributed by atoms with van der Waals surface area (Å²) in [6.07, 6.45) is 1.47. The van der Waals surface area contributed by atoms with Gasteiger partial charge in [-0.2, -0.15) is 5.11 Å². The Morgan fingerprint density at radius 3 is 2.36 bits per heavy atom. The highest BCUT2D eigenvalue weighted by molar-refractivity contribution is 7.92. The van der Waals surface area contributed by atoms with E-state index in [4.69, 9.17) is 5.11 Å². The SMILES string of the molecule is O=C(O)c1cccc(N=Nc2ccc(S(=O)(=O)Nc3ccccn3)cc2)c1O. The number of aromatic hydroxyl groups is 1. The lowest BCUT2D eigenvalue weighted by Gasteiger charge is -2.07. The monoisotopic (exact) mass is 398 g/mol. The minimum absolute atomic E-state index is 0.00725. The predicted octanol–water partition coefficient (Wildman–Crippen LogP) is 3.70. The number of anilines is 1. The zero-order valence-corrected chi connectivity index (χ0v) is 15.0. The molecule has 1 heterocycles. The van der Waals surface area contributed by atoms with Crippen LogP contribution in [0.4, 0.5) is 17.2 Å². The molecule has 0 bridgehead atoms. The zero-order chi connectivity index (χ0) is 20.1. The molecule has 3 aromatic rings. The van der Waals surface area contributed by atoms with Gasteiger partial charge in [0.25, 0.3) is 10.0 Å². The molecule has 0 spiro atoms. The number of carboxylic acids is 1. The molecule has 10 heteroatoms. The average Bonchev–Trinajstić information content (AvgIpc) is 2.68. The molecule has 0 aliphatic rings. The summed E-state index contributed by atoms with van der Waals surface area (Å²) >= 11 is 0. The number of aromatic nitrogens is 1. The first-order chi connectivity index (χ1) is 13.4. The predicted molar refractivity (Wildman–Crippen MR) is 101 cm³/mol. The lowest BCUT2D eigenvalue weighted by atomic mass is 10.2. The van der Waals surface area contributed by atoms with E-state index in [-0.39, 0.29) is 22.0 Å². The molecule has 0 saturated heterocycles. The summed E-state index contributed by atoms with van der Waals surface area (Å²) in [5.74, 6) is -1.60. The molecule has 0 fully saturated rings. The van der Waals surface area contributed by atoms with Crippen LogP contribution in [0.25, 0.3) is 0 Å². The third-order valence-corrected chi connectivity index (χ3v) is 4.94. The maximum Gasteiger partial charge on any atom is 0.339 e. The van der Waals surface area contributed by atoms with Crippen molar-refractivity contribution in [2.75, 3.05) is 4.72 Å². The third kappa shape index (κ3) is 4.30. The van der Waals surface area contributed by atoms with E-state index in [2.05, 4.69) is 19.9 Å². The molecule has 0 unspecified atom stereocenters. The van der Waals surface area contributed by atoms with Crippen LogP contribution < -0.4 is 4.72 Å². The molecule has 0 aliphatic carbocycles. The molecule has 142 valence electrons. The topological polar surface area (TPSA) is 141 Å². The highest BCUT2D eigenvalue weighted by Gasteiger charge is 2.15. The van der Waals surface area contributed by atoms with Crippen molar-refractivity contribution in [1.29, 1.82) is 0 Å². The van der Waals surface area contributed by atoms with Crippen LogP contribution in [0.2, 0.25) is 0 Å². The molecule has 0 saturated carbocycles. The van der Waals surface area contributed by atoms with Gasteiger partial charge in [0.05, 0.1) is 10.6 Å². The Kier molecular flexibility index (Phi) is 5.32. The second-order valence-corrected chi connectivity index (χ2v) is 7.18. The Morgan fingerprint density at radius 2 is 1.71 bits per heavy atom. The Balaban J connectivity index is 1.79. The van der Waals surface area contributed by atoms with Gasteiger partial charge in [-0.15, -0.1) is 5.11 Å². The Hall–Kier alpha value is -3.79. The van der Waals surface area contributed by atoms with Gasteiger partial charge in [0, 0.05) is 6.20 Å². The number of carboxylic acid groups (broad SMARTS) is 1. The summed E-state index contributed by atoms with van der Waals surface area (Å²) in [4.78, 5) is 14.9. The molecular formula is C18H14N4O5S. The van der Waals surface area contributed by atoms with Crippen LogP contribution in [0.3, 0.4) is 0 Å². The van der Waals surface area contributed by atoms with Crippen LogP contribution >= 0.6 is 0 Å². The van der Waals surface area contributed by atoms with E-state index >= 15 is 0 Å². The fraction of sp³-hybridized carbons (Fsp3) is 0. The van der Waals surface area contributed by atoms with E-state index in [1.165, 1.54) is 54.7 Å². The molecule has 9 nitrogen and oxygen atoms in total. The minimum atomic E-state index is -3.81. The Bertz CT molecular complexity index is 1130. The molecule has 0 aliphatic heterocycles. The number of hydrogen-bond acceptors (Lipinski definition) is 7. The van der Waals surface area contributed by atoms with Gasteiger partial charge >= 0.3 is 5.97 Å². The molecule has 0 radical (unpaired) electrons. The third-order valence-electron chi connectivity index (χ3n) is 3.57. The summed E-state index contributed by atoms with van der Waals surface area (Å²) in [6, 6.07) is 14.5. The van der Waals surface area contributed by atoms with Crippen molar-refractivity contribution in [3.05, 3.63) is 72.4 Å². The van der Waals surface area contributed by atoms with Crippen molar-refractivity contribution < 1.29 is 23.4 Å². The average molecular weight is 398 g/mol. The molecule has 0 atom stereocenters. The Morgan fingerprint density at radius 1 is 0.964 bits per heavy atom. The van der Waals surface area contributed by atoms with E-state index in [1.54, 1.807) is 12.1 Å². The van der Waals surface area contributed by atoms with E-state index in [0.29, 0.717) is 5.69 Å². The van der Waals surface area contributed by atoms with E-state index in [0.717, 1.165) is 0 Å². The van der Waals surface area contributed by atoms with Crippen LogP contribution in [0, 0.1) is 0 Å². The number of aromatic carboxylic acids is 1. The lowest BCUT2D eigenvalue weighted by molar-refractivity contribution is 0.0694. The summed E-state index contributed by atoms with van der Waals surface area (Å²) in [7, 11) is -3.81. The van der Waals surface area contributed by atoms with Crippen molar-refractivity contribution in [3.8, 4) is 5.75 Å². The first-order valence-corrected chi connectivity index (χ1v) is 9.36. The van der Waals surface area contributed by atoms with Crippen LogP contribution in [-0.2, 0) is 10.0 Å². The van der Waals surface area contributed by atoms with Crippen LogP contribution in [-0.4, -0.2) is 29.6 Å². The first-order valence-electron chi connectivity index (χ1n) is 7.88. The number of rotatable bonds is 6. The minimum Gasteiger partial charge on any atom is -0.505 e. The summed E-state index contributed by atoms with van der Waals surface area (Å²) in [5, 5.41) is 26.6. The Labute approximate surface area is 160 Å². The number of nitrogens with one attached hydrogen (secondary N) is 1. The lowest BCUT2D eigenvalue weighted by Crippen LogP contribution is -2.13. The largest absolute Gasteiger partial charge is 0.505 e. The second kappa shape index (κ2) is 7.84. The highest BCUT2D eigenvalue weighted by Crippen LogP contribution is 2.31. The number of sulfonamides is 1. The van der Waals surface area contributed by atoms with Gasteiger partial charge in [-0.3, -0.25) is 4.72 Å². The molecule has 3 rings (SSSR count). The van der Waals surface area contributed by atoms with Crippen molar-refractivity contribution >= 4 is 33.2 Å². The van der Waals surface area contributed by atoms with Gasteiger partial charge < -0.3 is 10.2 Å². The molecule has 2 aromatic carbocycles. The molecular weight excluding hydrogens is 384 g/mol. The first kappa shape index (κ1) is 19.0. The van der Waals surface area contributed by atoms with Crippen molar-refractivity contribution in [2.45, 2.75) is 4.90 Å². The number of hydrogen-bond donors (Lipinski definition) is 3. The van der Waals surface area contributed by atoms with E-state index in [1.807, 2.05) is 0 Å². The molecule has 28 heavy (non-hydrogen) atoms. The normalized spacial score (nSPS) is 11.4. The van der Waals surface area contributed by atoms with Crippen LogP contribution in [0.1, 0.15) is 10.4 Å². The van der Waals surface area contributed by atoms with E-state index < -0.39 is 21.7 Å². The molecule has 1 aromatic heterocycles. The molecule has 0 amide bonds. The standard InChI is InChI=1S/C18H14N4O5S/c23-17-14(18(24)25)4-3-5-15(17)21-20-12-7-9-13(10-8-12)28(26,27)22-16-6-1-2-11-19-16/h1-11,23H,(H,19,22)(H,24,25). The van der Waals surface area contributed by atoms with Crippen LogP contribution in [0.15, 0.2) is 82.0 Å². The fourth-order valence-electron chi connectivity index (χ4n) is 2.21. The van der Waals surface area contributed by atoms with E-state index in [9.17, 15) is 18.3 Å². The molecule has 3 N–H and O–H groups in total. The number of azo groups is 1.